The predicted octanol–water partition coefficient (Wildman–Crippen LogP) is 2.78. The number of carbonyl (C=O) groups excluding carboxylic acids is 1. The zero-order valence-corrected chi connectivity index (χ0v) is 12.7. The summed E-state index contributed by atoms with van der Waals surface area (Å²) in [7, 11) is 1.50. The van der Waals surface area contributed by atoms with Crippen molar-refractivity contribution in [3.8, 4) is 0 Å². The fourth-order valence-corrected chi connectivity index (χ4v) is 2.12. The Morgan fingerprint density at radius 3 is 2.26 bits per heavy atom. The Hall–Kier alpha value is -1.01. The first-order valence-electron chi connectivity index (χ1n) is 5.78. The average Bonchev–Trinajstić information content (AvgIpc) is 2.26. The van der Waals surface area contributed by atoms with Crippen molar-refractivity contribution in [2.75, 3.05) is 20.1 Å². The van der Waals surface area contributed by atoms with E-state index in [-0.39, 0.29) is 9.89 Å². The van der Waals surface area contributed by atoms with E-state index in [1.807, 2.05) is 13.8 Å². The molecular formula is C13H17BrF2N2O. The maximum absolute atomic E-state index is 13.7. The van der Waals surface area contributed by atoms with E-state index in [1.165, 1.54) is 11.9 Å². The van der Waals surface area contributed by atoms with E-state index < -0.39 is 23.1 Å². The summed E-state index contributed by atoms with van der Waals surface area (Å²) >= 11 is 2.97. The highest BCUT2D eigenvalue weighted by Crippen LogP contribution is 2.22. The van der Waals surface area contributed by atoms with Gasteiger partial charge in [-0.3, -0.25) is 4.79 Å². The Morgan fingerprint density at radius 1 is 1.37 bits per heavy atom. The van der Waals surface area contributed by atoms with Crippen molar-refractivity contribution in [3.05, 3.63) is 33.8 Å². The molecule has 0 radical (unpaired) electrons. The lowest BCUT2D eigenvalue weighted by Crippen LogP contribution is -2.40. The van der Waals surface area contributed by atoms with E-state index in [2.05, 4.69) is 15.9 Å². The number of benzene rings is 1. The molecule has 0 atom stereocenters. The summed E-state index contributed by atoms with van der Waals surface area (Å²) < 4.78 is 27.6. The van der Waals surface area contributed by atoms with E-state index in [0.717, 1.165) is 12.1 Å². The number of amides is 1. The van der Waals surface area contributed by atoms with Crippen molar-refractivity contribution in [2.24, 2.45) is 11.1 Å². The predicted molar refractivity (Wildman–Crippen MR) is 73.9 cm³/mol. The number of halogens is 3. The molecule has 1 aromatic rings. The van der Waals surface area contributed by atoms with Gasteiger partial charge in [0.05, 0.1) is 0 Å². The lowest BCUT2D eigenvalue weighted by Gasteiger charge is -2.29. The largest absolute Gasteiger partial charge is 0.341 e. The topological polar surface area (TPSA) is 46.3 Å². The third-order valence-electron chi connectivity index (χ3n) is 2.79. The summed E-state index contributed by atoms with van der Waals surface area (Å²) in [5, 5.41) is 0. The molecular weight excluding hydrogens is 318 g/mol. The molecule has 106 valence electrons. The smallest absolute Gasteiger partial charge is 0.259 e. The van der Waals surface area contributed by atoms with Gasteiger partial charge < -0.3 is 10.6 Å². The van der Waals surface area contributed by atoms with Gasteiger partial charge in [-0.05, 0) is 24.1 Å². The normalized spacial score (nSPS) is 11.5. The monoisotopic (exact) mass is 334 g/mol. The van der Waals surface area contributed by atoms with Crippen LogP contribution >= 0.6 is 15.9 Å². The van der Waals surface area contributed by atoms with Gasteiger partial charge in [0.1, 0.15) is 17.2 Å². The summed E-state index contributed by atoms with van der Waals surface area (Å²) in [5.74, 6) is -2.45. The van der Waals surface area contributed by atoms with E-state index >= 15 is 0 Å². The van der Waals surface area contributed by atoms with Crippen molar-refractivity contribution < 1.29 is 13.6 Å². The second-order valence-corrected chi connectivity index (χ2v) is 6.19. The summed E-state index contributed by atoms with van der Waals surface area (Å²) in [6.07, 6.45) is 0. The van der Waals surface area contributed by atoms with Gasteiger partial charge in [-0.15, -0.1) is 0 Å². The molecule has 1 amide bonds. The minimum absolute atomic E-state index is 0.254. The molecule has 2 N–H and O–H groups in total. The molecule has 0 bridgehead atoms. The number of nitrogens with zero attached hydrogens (tertiary/aromatic N) is 1. The van der Waals surface area contributed by atoms with Gasteiger partial charge in [-0.25, -0.2) is 8.78 Å². The lowest BCUT2D eigenvalue weighted by molar-refractivity contribution is 0.0730. The van der Waals surface area contributed by atoms with Gasteiger partial charge in [-0.2, -0.15) is 0 Å². The highest BCUT2D eigenvalue weighted by molar-refractivity contribution is 9.10. The maximum Gasteiger partial charge on any atom is 0.259 e. The Labute approximate surface area is 119 Å². The second kappa shape index (κ2) is 5.96. The van der Waals surface area contributed by atoms with Crippen LogP contribution < -0.4 is 5.73 Å². The highest BCUT2D eigenvalue weighted by Gasteiger charge is 2.26. The first-order chi connectivity index (χ1) is 8.68. The molecule has 0 heterocycles. The number of carbonyl (C=O) groups is 1. The van der Waals surface area contributed by atoms with Crippen LogP contribution in [0.15, 0.2) is 16.6 Å². The van der Waals surface area contributed by atoms with E-state index in [0.29, 0.717) is 13.1 Å². The third kappa shape index (κ3) is 3.98. The molecule has 0 saturated carbocycles. The van der Waals surface area contributed by atoms with E-state index in [4.69, 9.17) is 5.73 Å². The van der Waals surface area contributed by atoms with Crippen LogP contribution in [0.1, 0.15) is 24.2 Å². The van der Waals surface area contributed by atoms with Crippen molar-refractivity contribution >= 4 is 21.8 Å². The molecule has 0 aliphatic carbocycles. The van der Waals surface area contributed by atoms with Crippen molar-refractivity contribution in [2.45, 2.75) is 13.8 Å². The van der Waals surface area contributed by atoms with Crippen LogP contribution in [0.25, 0.3) is 0 Å². The van der Waals surface area contributed by atoms with Crippen molar-refractivity contribution in [1.29, 1.82) is 0 Å². The molecule has 0 aliphatic rings. The number of rotatable bonds is 4. The van der Waals surface area contributed by atoms with Crippen LogP contribution in [0.3, 0.4) is 0 Å². The van der Waals surface area contributed by atoms with E-state index in [9.17, 15) is 13.6 Å². The molecule has 0 unspecified atom stereocenters. The Bertz CT molecular complexity index is 469. The molecule has 0 spiro atoms. The van der Waals surface area contributed by atoms with Gasteiger partial charge in [0.2, 0.25) is 0 Å². The molecule has 19 heavy (non-hydrogen) atoms. The molecule has 3 nitrogen and oxygen atoms in total. The molecule has 6 heteroatoms. The second-order valence-electron chi connectivity index (χ2n) is 5.27. The SMILES string of the molecule is CN(CC(C)(C)CN)C(=O)c1c(F)cc(Br)cc1F. The van der Waals surface area contributed by atoms with Crippen LogP contribution in [-0.2, 0) is 0 Å². The number of hydrogen-bond donors (Lipinski definition) is 1. The third-order valence-corrected chi connectivity index (χ3v) is 3.24. The van der Waals surface area contributed by atoms with Crippen LogP contribution in [0.5, 0.6) is 0 Å². The fraction of sp³-hybridized carbons (Fsp3) is 0.462. The quantitative estimate of drug-likeness (QED) is 0.920. The highest BCUT2D eigenvalue weighted by atomic mass is 79.9. The molecule has 1 aromatic carbocycles. The molecule has 1 rings (SSSR count). The van der Waals surface area contributed by atoms with Gasteiger partial charge in [0.25, 0.3) is 5.91 Å². The number of nitrogens with two attached hydrogens (primary N) is 1. The van der Waals surface area contributed by atoms with Gasteiger partial charge >= 0.3 is 0 Å². The van der Waals surface area contributed by atoms with E-state index in [1.54, 1.807) is 0 Å². The minimum Gasteiger partial charge on any atom is -0.341 e. The zero-order chi connectivity index (χ0) is 14.8. The van der Waals surface area contributed by atoms with Gasteiger partial charge in [0, 0.05) is 18.1 Å². The van der Waals surface area contributed by atoms with Crippen LogP contribution in [-0.4, -0.2) is 30.9 Å². The Morgan fingerprint density at radius 2 is 1.84 bits per heavy atom. The van der Waals surface area contributed by atoms with Crippen LogP contribution in [0.2, 0.25) is 0 Å². The zero-order valence-electron chi connectivity index (χ0n) is 11.1. The average molecular weight is 335 g/mol. The molecule has 0 saturated heterocycles. The maximum atomic E-state index is 13.7. The van der Waals surface area contributed by atoms with Gasteiger partial charge in [0.15, 0.2) is 0 Å². The first-order valence-corrected chi connectivity index (χ1v) is 6.57. The van der Waals surface area contributed by atoms with Crippen LogP contribution in [0, 0.1) is 17.0 Å². The summed E-state index contributed by atoms with van der Waals surface area (Å²) in [6, 6.07) is 2.14. The number of hydrogen-bond acceptors (Lipinski definition) is 2. The fourth-order valence-electron chi connectivity index (χ4n) is 1.72. The molecule has 0 aliphatic heterocycles. The Kier molecular flexibility index (Phi) is 5.04. The molecule has 0 aromatic heterocycles. The summed E-state index contributed by atoms with van der Waals surface area (Å²) in [5.41, 5.74) is 4.72. The standard InChI is InChI=1S/C13H17BrF2N2O/c1-13(2,6-17)7-18(3)12(19)11-9(15)4-8(14)5-10(11)16/h4-5H,6-7,17H2,1-3H3. The summed E-state index contributed by atoms with van der Waals surface area (Å²) in [4.78, 5) is 13.4. The van der Waals surface area contributed by atoms with Crippen LogP contribution in [0.4, 0.5) is 8.78 Å². The summed E-state index contributed by atoms with van der Waals surface area (Å²) in [6.45, 7) is 4.45. The van der Waals surface area contributed by atoms with Gasteiger partial charge in [-0.1, -0.05) is 29.8 Å². The first kappa shape index (κ1) is 16.0. The lowest BCUT2D eigenvalue weighted by atomic mass is 9.93. The Balaban J connectivity index is 3.01. The minimum atomic E-state index is -0.880. The molecule has 0 fully saturated rings. The van der Waals surface area contributed by atoms with Crippen molar-refractivity contribution in [3.63, 3.8) is 0 Å². The van der Waals surface area contributed by atoms with Crippen molar-refractivity contribution in [1.82, 2.24) is 4.90 Å².